The summed E-state index contributed by atoms with van der Waals surface area (Å²) < 4.78 is 21.9. The van der Waals surface area contributed by atoms with Gasteiger partial charge in [-0.1, -0.05) is 26.2 Å². The summed E-state index contributed by atoms with van der Waals surface area (Å²) in [4.78, 5) is 16.9. The summed E-state index contributed by atoms with van der Waals surface area (Å²) in [6, 6.07) is 0. The molecule has 0 aromatic carbocycles. The van der Waals surface area contributed by atoms with E-state index in [1.54, 1.807) is 0 Å². The van der Waals surface area contributed by atoms with E-state index in [0.717, 1.165) is 6.42 Å². The van der Waals surface area contributed by atoms with Gasteiger partial charge < -0.3 is 10.00 Å². The second-order valence-electron chi connectivity index (χ2n) is 2.33. The number of aliphatic hydroxyl groups excluding tert-OH is 1. The molecule has 0 radical (unpaired) electrons. The van der Waals surface area contributed by atoms with E-state index >= 15 is 0 Å². The van der Waals surface area contributed by atoms with Crippen molar-refractivity contribution < 1.29 is 57.9 Å². The fourth-order valence-corrected chi connectivity index (χ4v) is 1.05. The van der Waals surface area contributed by atoms with Crippen molar-refractivity contribution in [2.24, 2.45) is 0 Å². The molecule has 0 heterocycles. The first-order valence-corrected chi connectivity index (χ1v) is 6.36. The minimum atomic E-state index is -3.17. The Kier molecular flexibility index (Phi) is 24.8. The Morgan fingerprint density at radius 3 is 2.00 bits per heavy atom. The molecular formula is C6H15NaO6P2+2. The van der Waals surface area contributed by atoms with Crippen molar-refractivity contribution in [1.82, 2.24) is 0 Å². The van der Waals surface area contributed by atoms with Crippen LogP contribution < -0.4 is 34.5 Å². The molecule has 0 saturated heterocycles. The van der Waals surface area contributed by atoms with Gasteiger partial charge in [-0.15, -0.1) is 4.89 Å². The van der Waals surface area contributed by atoms with Crippen molar-refractivity contribution in [3.05, 3.63) is 0 Å². The van der Waals surface area contributed by atoms with Gasteiger partial charge in [0, 0.05) is 11.2 Å². The van der Waals surface area contributed by atoms with E-state index in [-0.39, 0.29) is 29.6 Å². The predicted molar refractivity (Wildman–Crippen MR) is 49.7 cm³/mol. The average molecular weight is 268 g/mol. The van der Waals surface area contributed by atoms with Crippen molar-refractivity contribution in [1.29, 1.82) is 0 Å². The molecule has 0 bridgehead atoms. The first-order chi connectivity index (χ1) is 6.54. The van der Waals surface area contributed by atoms with E-state index in [0.29, 0.717) is 6.61 Å². The Balaban J connectivity index is -0.000000180. The van der Waals surface area contributed by atoms with Crippen LogP contribution in [-0.4, -0.2) is 16.6 Å². The summed E-state index contributed by atoms with van der Waals surface area (Å²) in [5.74, 6) is 0. The molecule has 9 heteroatoms. The van der Waals surface area contributed by atoms with E-state index in [4.69, 9.17) is 10.00 Å². The molecule has 2 unspecified atom stereocenters. The normalized spacial score (nSPS) is 10.7. The Morgan fingerprint density at radius 2 is 1.80 bits per heavy atom. The smallest absolute Gasteiger partial charge is 0.563 e. The van der Waals surface area contributed by atoms with Crippen LogP contribution in [0.4, 0.5) is 0 Å². The number of hydrogen-bond acceptors (Lipinski definition) is 5. The largest absolute Gasteiger partial charge is 1.00 e. The Bertz CT molecular complexity index is 152. The minimum absolute atomic E-state index is 0. The van der Waals surface area contributed by atoms with E-state index in [9.17, 15) is 14.0 Å². The van der Waals surface area contributed by atoms with Crippen LogP contribution in [0.5, 0.6) is 0 Å². The Morgan fingerprint density at radius 1 is 1.27 bits per heavy atom. The van der Waals surface area contributed by atoms with E-state index in [2.05, 4.69) is 11.2 Å². The zero-order chi connectivity index (χ0) is 11.4. The molecular weight excluding hydrogens is 253 g/mol. The summed E-state index contributed by atoms with van der Waals surface area (Å²) in [6.07, 6.45) is 4.68. The molecule has 0 amide bonds. The fourth-order valence-electron chi connectivity index (χ4n) is 0.596. The van der Waals surface area contributed by atoms with Gasteiger partial charge in [-0.2, -0.15) is 0 Å². The van der Waals surface area contributed by atoms with Crippen LogP contribution in [-0.2, 0) is 13.4 Å². The van der Waals surface area contributed by atoms with Gasteiger partial charge >= 0.3 is 46.1 Å². The molecule has 15 heavy (non-hydrogen) atoms. The molecule has 0 rings (SSSR count). The van der Waals surface area contributed by atoms with Crippen molar-refractivity contribution >= 4 is 16.5 Å². The Labute approximate surface area is 113 Å². The number of aliphatic hydroxyl groups is 1. The van der Waals surface area contributed by atoms with Crippen molar-refractivity contribution in [3.8, 4) is 0 Å². The fraction of sp³-hybridized carbons (Fsp3) is 1.00. The second-order valence-corrected chi connectivity index (χ2v) is 3.90. The van der Waals surface area contributed by atoms with Crippen molar-refractivity contribution in [2.75, 3.05) is 6.61 Å². The molecule has 0 fully saturated rings. The van der Waals surface area contributed by atoms with Crippen LogP contribution in [0.3, 0.4) is 0 Å². The molecule has 84 valence electrons. The molecule has 6 nitrogen and oxygen atoms in total. The van der Waals surface area contributed by atoms with E-state index in [1.807, 2.05) is 0 Å². The van der Waals surface area contributed by atoms with Crippen LogP contribution >= 0.6 is 16.5 Å². The zero-order valence-corrected chi connectivity index (χ0v) is 12.7. The summed E-state index contributed by atoms with van der Waals surface area (Å²) in [5, 5.41) is 8.29. The molecule has 0 aliphatic carbocycles. The van der Waals surface area contributed by atoms with Crippen molar-refractivity contribution in [2.45, 2.75) is 32.6 Å². The average Bonchev–Trinajstić information content (AvgIpc) is 2.04. The maximum absolute atomic E-state index is 9.35. The van der Waals surface area contributed by atoms with Crippen molar-refractivity contribution in [3.63, 3.8) is 0 Å². The van der Waals surface area contributed by atoms with Gasteiger partial charge in [-0.05, 0) is 11.0 Å². The molecule has 2 atom stereocenters. The molecule has 0 aromatic rings. The third kappa shape index (κ3) is 31.3. The van der Waals surface area contributed by atoms with E-state index < -0.39 is 16.5 Å². The van der Waals surface area contributed by atoms with Gasteiger partial charge in [0.25, 0.3) is 0 Å². The van der Waals surface area contributed by atoms with Gasteiger partial charge in [0.15, 0.2) is 0 Å². The first-order valence-electron chi connectivity index (χ1n) is 4.14. The number of unbranched alkanes of at least 4 members (excludes halogenated alkanes) is 3. The van der Waals surface area contributed by atoms with Gasteiger partial charge in [0.05, 0.1) is 0 Å². The van der Waals surface area contributed by atoms with Crippen LogP contribution in [0.1, 0.15) is 32.6 Å². The molecule has 0 aromatic heterocycles. The number of hydrogen-bond donors (Lipinski definition) is 2. The maximum Gasteiger partial charge on any atom is 1.00 e. The summed E-state index contributed by atoms with van der Waals surface area (Å²) in [6.45, 7) is 2.53. The van der Waals surface area contributed by atoms with Crippen LogP contribution in [0.25, 0.3) is 0 Å². The SMILES string of the molecule is CCCCCCO.O=[P+]([O-])O[P+](=O)O.[Na+]. The third-order valence-corrected chi connectivity index (χ3v) is 2.24. The summed E-state index contributed by atoms with van der Waals surface area (Å²) >= 11 is 0. The van der Waals surface area contributed by atoms with Gasteiger partial charge in [0.2, 0.25) is 0 Å². The Hall–Kier alpha value is 1.04. The zero-order valence-electron chi connectivity index (χ0n) is 8.96. The molecule has 0 aliphatic rings. The third-order valence-electron chi connectivity index (χ3n) is 1.15. The van der Waals surface area contributed by atoms with E-state index in [1.165, 1.54) is 19.3 Å². The summed E-state index contributed by atoms with van der Waals surface area (Å²) in [7, 11) is -6.16. The topological polar surface area (TPSA) is 107 Å². The summed E-state index contributed by atoms with van der Waals surface area (Å²) in [5.41, 5.74) is 0. The monoisotopic (exact) mass is 268 g/mol. The van der Waals surface area contributed by atoms with Crippen LogP contribution in [0.2, 0.25) is 0 Å². The quantitative estimate of drug-likeness (QED) is 0.335. The van der Waals surface area contributed by atoms with Crippen LogP contribution in [0, 0.1) is 0 Å². The molecule has 0 spiro atoms. The van der Waals surface area contributed by atoms with Gasteiger partial charge in [-0.3, -0.25) is 0 Å². The predicted octanol–water partition coefficient (Wildman–Crippen LogP) is -1.77. The standard InChI is InChI=1S/C6H14O.Na.O5P2/c1-2-3-4-5-6-7;;1-6(2)5-7(3)4/h7H,2-6H2,1H3;;/q;+1;/p+1. The molecule has 2 N–H and O–H groups in total. The minimum Gasteiger partial charge on any atom is -0.563 e. The van der Waals surface area contributed by atoms with Gasteiger partial charge in [0.1, 0.15) is 4.31 Å². The molecule has 0 saturated carbocycles. The van der Waals surface area contributed by atoms with Crippen LogP contribution in [0.15, 0.2) is 0 Å². The second kappa shape index (κ2) is 17.4. The maximum atomic E-state index is 9.35. The number of rotatable bonds is 6. The first kappa shape index (κ1) is 21.3. The van der Waals surface area contributed by atoms with Gasteiger partial charge in [-0.25, -0.2) is 0 Å². The molecule has 0 aliphatic heterocycles.